The number of aromatic nitrogens is 2. The van der Waals surface area contributed by atoms with Crippen LogP contribution >= 0.6 is 0 Å². The van der Waals surface area contributed by atoms with Gasteiger partial charge in [0.2, 0.25) is 5.89 Å². The highest BCUT2D eigenvalue weighted by molar-refractivity contribution is 5.57. The van der Waals surface area contributed by atoms with E-state index in [9.17, 15) is 18.3 Å². The molecule has 3 rings (SSSR count). The summed E-state index contributed by atoms with van der Waals surface area (Å²) in [5, 5.41) is 19.7. The Hall–Kier alpha value is -3.03. The van der Waals surface area contributed by atoms with Gasteiger partial charge in [0.1, 0.15) is 5.75 Å². The van der Waals surface area contributed by atoms with Gasteiger partial charge >= 0.3 is 12.2 Å². The Bertz CT molecular complexity index is 813. The summed E-state index contributed by atoms with van der Waals surface area (Å²) in [5.41, 5.74) is 0.154. The Labute approximate surface area is 128 Å². The van der Waals surface area contributed by atoms with Crippen LogP contribution < -0.4 is 5.32 Å². The van der Waals surface area contributed by atoms with E-state index in [1.807, 2.05) is 0 Å². The SMILES string of the molecule is Oc1cccc(Nc2nnc(-c3ccc(C(F)(F)F)cc3)o2)c1. The molecule has 0 amide bonds. The van der Waals surface area contributed by atoms with Gasteiger partial charge in [0.15, 0.2) is 0 Å². The van der Waals surface area contributed by atoms with E-state index in [1.54, 1.807) is 12.1 Å². The summed E-state index contributed by atoms with van der Waals surface area (Å²) in [6.45, 7) is 0. The maximum atomic E-state index is 12.5. The third kappa shape index (κ3) is 3.42. The summed E-state index contributed by atoms with van der Waals surface area (Å²) in [7, 11) is 0. The number of nitrogens with zero attached hydrogens (tertiary/aromatic N) is 2. The lowest BCUT2D eigenvalue weighted by Crippen LogP contribution is -2.03. The van der Waals surface area contributed by atoms with E-state index in [4.69, 9.17) is 4.42 Å². The molecule has 0 saturated carbocycles. The zero-order valence-corrected chi connectivity index (χ0v) is 11.5. The molecule has 0 aliphatic carbocycles. The smallest absolute Gasteiger partial charge is 0.416 e. The van der Waals surface area contributed by atoms with Crippen molar-refractivity contribution in [3.63, 3.8) is 0 Å². The quantitative estimate of drug-likeness (QED) is 0.756. The molecule has 0 atom stereocenters. The van der Waals surface area contributed by atoms with Crippen molar-refractivity contribution >= 4 is 11.7 Å². The van der Waals surface area contributed by atoms with E-state index in [2.05, 4.69) is 15.5 Å². The fourth-order valence-corrected chi connectivity index (χ4v) is 1.90. The van der Waals surface area contributed by atoms with Gasteiger partial charge in [0, 0.05) is 17.3 Å². The molecule has 23 heavy (non-hydrogen) atoms. The number of hydrogen-bond acceptors (Lipinski definition) is 5. The average Bonchev–Trinajstić information content (AvgIpc) is 2.95. The third-order valence-electron chi connectivity index (χ3n) is 2.98. The van der Waals surface area contributed by atoms with Crippen molar-refractivity contribution in [3.05, 3.63) is 54.1 Å². The van der Waals surface area contributed by atoms with Gasteiger partial charge in [0.25, 0.3) is 0 Å². The fraction of sp³-hybridized carbons (Fsp3) is 0.0667. The van der Waals surface area contributed by atoms with E-state index < -0.39 is 11.7 Å². The number of phenols is 1. The van der Waals surface area contributed by atoms with E-state index in [0.29, 0.717) is 11.3 Å². The van der Waals surface area contributed by atoms with Crippen LogP contribution in [0, 0.1) is 0 Å². The highest BCUT2D eigenvalue weighted by Crippen LogP contribution is 2.31. The van der Waals surface area contributed by atoms with Crippen LogP contribution in [-0.2, 0) is 6.18 Å². The second kappa shape index (κ2) is 5.64. The van der Waals surface area contributed by atoms with Crippen LogP contribution in [-0.4, -0.2) is 15.3 Å². The van der Waals surface area contributed by atoms with Gasteiger partial charge in [-0.25, -0.2) is 0 Å². The van der Waals surface area contributed by atoms with Crippen molar-refractivity contribution in [2.75, 3.05) is 5.32 Å². The van der Waals surface area contributed by atoms with Gasteiger partial charge in [-0.05, 0) is 36.4 Å². The first kappa shape index (κ1) is 14.9. The number of halogens is 3. The zero-order valence-electron chi connectivity index (χ0n) is 11.5. The van der Waals surface area contributed by atoms with Gasteiger partial charge in [-0.3, -0.25) is 0 Å². The Morgan fingerprint density at radius 2 is 1.74 bits per heavy atom. The molecule has 2 N–H and O–H groups in total. The standard InChI is InChI=1S/C15H10F3N3O2/c16-15(17,18)10-6-4-9(5-7-10)13-20-21-14(23-13)19-11-2-1-3-12(22)8-11/h1-8,22H,(H,19,21). The molecule has 2 aromatic carbocycles. The Kier molecular flexibility index (Phi) is 3.65. The summed E-state index contributed by atoms with van der Waals surface area (Å²) in [6.07, 6.45) is -4.39. The number of phenolic OH excluding ortho intramolecular Hbond substituents is 1. The molecule has 1 aromatic heterocycles. The minimum absolute atomic E-state index is 0.0606. The summed E-state index contributed by atoms with van der Waals surface area (Å²) in [6, 6.07) is 10.7. The first-order chi connectivity index (χ1) is 10.9. The van der Waals surface area contributed by atoms with Crippen LogP contribution in [0.5, 0.6) is 5.75 Å². The van der Waals surface area contributed by atoms with Crippen LogP contribution in [0.3, 0.4) is 0 Å². The lowest BCUT2D eigenvalue weighted by Gasteiger charge is -2.05. The molecule has 5 nitrogen and oxygen atoms in total. The topological polar surface area (TPSA) is 71.2 Å². The molecule has 0 aliphatic heterocycles. The summed E-state index contributed by atoms with van der Waals surface area (Å²) in [4.78, 5) is 0. The Morgan fingerprint density at radius 3 is 2.39 bits per heavy atom. The van der Waals surface area contributed by atoms with Crippen LogP contribution in [0.25, 0.3) is 11.5 Å². The van der Waals surface area contributed by atoms with Crippen molar-refractivity contribution in [1.29, 1.82) is 0 Å². The number of hydrogen-bond donors (Lipinski definition) is 2. The second-order valence-electron chi connectivity index (χ2n) is 4.66. The van der Waals surface area contributed by atoms with Crippen molar-refractivity contribution in [1.82, 2.24) is 10.2 Å². The number of nitrogens with one attached hydrogen (secondary N) is 1. The van der Waals surface area contributed by atoms with Crippen molar-refractivity contribution in [2.24, 2.45) is 0 Å². The predicted octanol–water partition coefficient (Wildman–Crippen LogP) is 4.20. The van der Waals surface area contributed by atoms with Gasteiger partial charge < -0.3 is 14.8 Å². The molecule has 0 aliphatic rings. The van der Waals surface area contributed by atoms with Gasteiger partial charge in [0.05, 0.1) is 5.56 Å². The molecule has 1 heterocycles. The summed E-state index contributed by atoms with van der Waals surface area (Å²) in [5.74, 6) is 0.152. The monoisotopic (exact) mass is 321 g/mol. The number of benzene rings is 2. The maximum absolute atomic E-state index is 12.5. The normalized spacial score (nSPS) is 11.4. The molecule has 8 heteroatoms. The molecular formula is C15H10F3N3O2. The number of aromatic hydroxyl groups is 1. The van der Waals surface area contributed by atoms with Crippen LogP contribution in [0.2, 0.25) is 0 Å². The molecule has 0 spiro atoms. The first-order valence-corrected chi connectivity index (χ1v) is 6.49. The first-order valence-electron chi connectivity index (χ1n) is 6.49. The summed E-state index contributed by atoms with van der Waals surface area (Å²) < 4.78 is 42.9. The largest absolute Gasteiger partial charge is 0.508 e. The minimum atomic E-state index is -4.39. The average molecular weight is 321 g/mol. The van der Waals surface area contributed by atoms with E-state index >= 15 is 0 Å². The number of anilines is 2. The second-order valence-corrected chi connectivity index (χ2v) is 4.66. The van der Waals surface area contributed by atoms with Crippen LogP contribution in [0.15, 0.2) is 52.9 Å². The number of alkyl halides is 3. The maximum Gasteiger partial charge on any atom is 0.416 e. The highest BCUT2D eigenvalue weighted by atomic mass is 19.4. The lowest BCUT2D eigenvalue weighted by molar-refractivity contribution is -0.137. The lowest BCUT2D eigenvalue weighted by atomic mass is 10.1. The molecule has 3 aromatic rings. The molecule has 0 radical (unpaired) electrons. The molecule has 118 valence electrons. The molecular weight excluding hydrogens is 311 g/mol. The van der Waals surface area contributed by atoms with Gasteiger partial charge in [-0.2, -0.15) is 13.2 Å². The predicted molar refractivity (Wildman–Crippen MR) is 76.1 cm³/mol. The Morgan fingerprint density at radius 1 is 1.00 bits per heavy atom. The highest BCUT2D eigenvalue weighted by Gasteiger charge is 2.30. The molecule has 0 bridgehead atoms. The summed E-state index contributed by atoms with van der Waals surface area (Å²) >= 11 is 0. The van der Waals surface area contributed by atoms with Crippen LogP contribution in [0.4, 0.5) is 24.9 Å². The van der Waals surface area contributed by atoms with E-state index in [0.717, 1.165) is 12.1 Å². The van der Waals surface area contributed by atoms with Crippen LogP contribution in [0.1, 0.15) is 5.56 Å². The fourth-order valence-electron chi connectivity index (χ4n) is 1.90. The molecule has 0 unspecified atom stereocenters. The Balaban J connectivity index is 1.79. The van der Waals surface area contributed by atoms with Crippen molar-refractivity contribution < 1.29 is 22.7 Å². The zero-order chi connectivity index (χ0) is 16.4. The minimum Gasteiger partial charge on any atom is -0.508 e. The molecule has 0 fully saturated rings. The van der Waals surface area contributed by atoms with E-state index in [1.165, 1.54) is 24.3 Å². The number of rotatable bonds is 3. The third-order valence-corrected chi connectivity index (χ3v) is 2.98. The van der Waals surface area contributed by atoms with Crippen molar-refractivity contribution in [3.8, 4) is 17.2 Å². The van der Waals surface area contributed by atoms with Gasteiger partial charge in [-0.1, -0.05) is 11.2 Å². The molecule has 0 saturated heterocycles. The van der Waals surface area contributed by atoms with Crippen molar-refractivity contribution in [2.45, 2.75) is 6.18 Å². The van der Waals surface area contributed by atoms with Gasteiger partial charge in [-0.15, -0.1) is 5.10 Å². The van der Waals surface area contributed by atoms with E-state index in [-0.39, 0.29) is 17.7 Å².